The molecule has 18 heavy (non-hydrogen) atoms. The molecular weight excluding hydrogens is 228 g/mol. The third kappa shape index (κ3) is 2.82. The van der Waals surface area contributed by atoms with Crippen LogP contribution in [0.1, 0.15) is 18.4 Å². The first-order chi connectivity index (χ1) is 8.72. The number of hydrogen-bond acceptors (Lipinski definition) is 3. The average molecular weight is 248 g/mol. The first-order valence-electron chi connectivity index (χ1n) is 6.37. The summed E-state index contributed by atoms with van der Waals surface area (Å²) >= 11 is 0. The molecule has 2 unspecified atom stereocenters. The normalized spacial score (nSPS) is 23.6. The molecule has 1 aliphatic heterocycles. The lowest BCUT2D eigenvalue weighted by Crippen LogP contribution is -2.48. The fourth-order valence-electron chi connectivity index (χ4n) is 2.62. The molecule has 0 bridgehead atoms. The molecule has 0 saturated carbocycles. The van der Waals surface area contributed by atoms with Crippen LogP contribution in [0.5, 0.6) is 5.75 Å². The van der Waals surface area contributed by atoms with Crippen LogP contribution in [0.25, 0.3) is 0 Å². The molecule has 2 rings (SSSR count). The Bertz CT molecular complexity index is 420. The Morgan fingerprint density at radius 2 is 2.28 bits per heavy atom. The number of amides is 1. The molecule has 0 spiro atoms. The Kier molecular flexibility index (Phi) is 4.20. The van der Waals surface area contributed by atoms with E-state index in [0.717, 1.165) is 37.1 Å². The fourth-order valence-corrected chi connectivity index (χ4v) is 2.62. The van der Waals surface area contributed by atoms with Crippen LogP contribution in [-0.2, 0) is 11.2 Å². The number of carbonyl (C=O) groups excluding carboxylic acids is 1. The smallest absolute Gasteiger partial charge is 0.222 e. The van der Waals surface area contributed by atoms with E-state index < -0.39 is 0 Å². The summed E-state index contributed by atoms with van der Waals surface area (Å²) in [5.74, 6) is 0.582. The molecule has 1 aliphatic rings. The molecule has 4 heteroatoms. The Morgan fingerprint density at radius 1 is 1.50 bits per heavy atom. The predicted molar refractivity (Wildman–Crippen MR) is 70.4 cm³/mol. The lowest BCUT2D eigenvalue weighted by molar-refractivity contribution is -0.123. The van der Waals surface area contributed by atoms with Crippen molar-refractivity contribution in [2.45, 2.75) is 25.3 Å². The first kappa shape index (κ1) is 12.9. The molecule has 2 atom stereocenters. The molecule has 1 heterocycles. The molecule has 3 N–H and O–H groups in total. The molecule has 0 radical (unpaired) electrons. The zero-order chi connectivity index (χ0) is 13.0. The van der Waals surface area contributed by atoms with E-state index >= 15 is 0 Å². The lowest BCUT2D eigenvalue weighted by Gasteiger charge is -2.31. The largest absolute Gasteiger partial charge is 0.496 e. The summed E-state index contributed by atoms with van der Waals surface area (Å²) in [4.78, 5) is 11.5. The zero-order valence-electron chi connectivity index (χ0n) is 10.7. The van der Waals surface area contributed by atoms with Crippen molar-refractivity contribution in [3.8, 4) is 5.75 Å². The Balaban J connectivity index is 2.13. The Labute approximate surface area is 108 Å². The lowest BCUT2D eigenvalue weighted by atomic mass is 9.86. The number of ether oxygens (including phenoxy) is 1. The summed E-state index contributed by atoms with van der Waals surface area (Å²) in [6.07, 6.45) is 2.66. The Hall–Kier alpha value is -1.55. The second-order valence-corrected chi connectivity index (χ2v) is 4.73. The molecule has 1 aromatic carbocycles. The minimum atomic E-state index is -0.206. The standard InChI is InChI=1S/C14H20N2O2/c1-18-13-7-3-2-5-10(13)9-12-11(14(15)17)6-4-8-16-12/h2-3,5,7,11-12,16H,4,6,8-9H2,1H3,(H2,15,17). The van der Waals surface area contributed by atoms with Crippen LogP contribution in [0.15, 0.2) is 24.3 Å². The van der Waals surface area contributed by atoms with E-state index in [1.165, 1.54) is 0 Å². The number of benzene rings is 1. The summed E-state index contributed by atoms with van der Waals surface area (Å²) in [5.41, 5.74) is 6.59. The van der Waals surface area contributed by atoms with Gasteiger partial charge in [-0.2, -0.15) is 0 Å². The zero-order valence-corrected chi connectivity index (χ0v) is 10.7. The molecule has 0 aromatic heterocycles. The maximum Gasteiger partial charge on any atom is 0.222 e. The van der Waals surface area contributed by atoms with Crippen LogP contribution < -0.4 is 15.8 Å². The monoisotopic (exact) mass is 248 g/mol. The van der Waals surface area contributed by atoms with Gasteiger partial charge in [-0.1, -0.05) is 18.2 Å². The van der Waals surface area contributed by atoms with Crippen molar-refractivity contribution in [1.29, 1.82) is 0 Å². The van der Waals surface area contributed by atoms with E-state index in [0.29, 0.717) is 0 Å². The van der Waals surface area contributed by atoms with Crippen molar-refractivity contribution >= 4 is 5.91 Å². The summed E-state index contributed by atoms with van der Waals surface area (Å²) in [7, 11) is 1.67. The summed E-state index contributed by atoms with van der Waals surface area (Å²) in [6.45, 7) is 0.948. The number of nitrogens with two attached hydrogens (primary N) is 1. The van der Waals surface area contributed by atoms with Gasteiger partial charge < -0.3 is 15.8 Å². The topological polar surface area (TPSA) is 64.3 Å². The Morgan fingerprint density at radius 3 is 3.00 bits per heavy atom. The quantitative estimate of drug-likeness (QED) is 0.838. The minimum absolute atomic E-state index is 0.0799. The average Bonchev–Trinajstić information content (AvgIpc) is 2.40. The number of piperidine rings is 1. The molecule has 98 valence electrons. The second-order valence-electron chi connectivity index (χ2n) is 4.73. The van der Waals surface area contributed by atoms with E-state index in [1.807, 2.05) is 24.3 Å². The summed E-state index contributed by atoms with van der Waals surface area (Å²) in [5, 5.41) is 3.39. The maximum absolute atomic E-state index is 11.5. The van der Waals surface area contributed by atoms with Crippen LogP contribution in [0, 0.1) is 5.92 Å². The highest BCUT2D eigenvalue weighted by Crippen LogP contribution is 2.24. The number of primary amides is 1. The molecule has 4 nitrogen and oxygen atoms in total. The molecular formula is C14H20N2O2. The van der Waals surface area contributed by atoms with Gasteiger partial charge in [0.2, 0.25) is 5.91 Å². The third-order valence-corrected chi connectivity index (χ3v) is 3.58. The number of hydrogen-bond donors (Lipinski definition) is 2. The van der Waals surface area contributed by atoms with Crippen molar-refractivity contribution in [2.75, 3.05) is 13.7 Å². The van der Waals surface area contributed by atoms with Crippen molar-refractivity contribution in [2.24, 2.45) is 11.7 Å². The van der Waals surface area contributed by atoms with Crippen LogP contribution >= 0.6 is 0 Å². The molecule has 1 aromatic rings. The third-order valence-electron chi connectivity index (χ3n) is 3.58. The number of rotatable bonds is 4. The van der Waals surface area contributed by atoms with Gasteiger partial charge in [-0.25, -0.2) is 0 Å². The van der Waals surface area contributed by atoms with E-state index in [-0.39, 0.29) is 17.9 Å². The first-order valence-corrected chi connectivity index (χ1v) is 6.37. The van der Waals surface area contributed by atoms with Crippen molar-refractivity contribution in [1.82, 2.24) is 5.32 Å². The summed E-state index contributed by atoms with van der Waals surface area (Å²) < 4.78 is 5.34. The molecule has 1 amide bonds. The second kappa shape index (κ2) is 5.87. The van der Waals surface area contributed by atoms with Crippen molar-refractivity contribution in [3.05, 3.63) is 29.8 Å². The van der Waals surface area contributed by atoms with E-state index in [2.05, 4.69) is 5.32 Å². The van der Waals surface area contributed by atoms with Crippen molar-refractivity contribution in [3.63, 3.8) is 0 Å². The van der Waals surface area contributed by atoms with Crippen LogP contribution in [0.4, 0.5) is 0 Å². The highest BCUT2D eigenvalue weighted by molar-refractivity contribution is 5.77. The van der Waals surface area contributed by atoms with E-state index in [4.69, 9.17) is 10.5 Å². The number of methoxy groups -OCH3 is 1. The number of nitrogens with one attached hydrogen (secondary N) is 1. The van der Waals surface area contributed by atoms with Crippen LogP contribution in [0.2, 0.25) is 0 Å². The highest BCUT2D eigenvalue weighted by atomic mass is 16.5. The molecule has 0 aliphatic carbocycles. The minimum Gasteiger partial charge on any atom is -0.496 e. The van der Waals surface area contributed by atoms with Gasteiger partial charge in [-0.3, -0.25) is 4.79 Å². The number of carbonyl (C=O) groups is 1. The van der Waals surface area contributed by atoms with Gasteiger partial charge in [0, 0.05) is 6.04 Å². The van der Waals surface area contributed by atoms with Gasteiger partial charge in [-0.15, -0.1) is 0 Å². The van der Waals surface area contributed by atoms with Crippen LogP contribution in [-0.4, -0.2) is 25.6 Å². The number of para-hydroxylation sites is 1. The highest BCUT2D eigenvalue weighted by Gasteiger charge is 2.29. The maximum atomic E-state index is 11.5. The fraction of sp³-hybridized carbons (Fsp3) is 0.500. The molecule has 1 fully saturated rings. The van der Waals surface area contributed by atoms with Crippen molar-refractivity contribution < 1.29 is 9.53 Å². The van der Waals surface area contributed by atoms with Gasteiger partial charge in [0.1, 0.15) is 5.75 Å². The van der Waals surface area contributed by atoms with Crippen LogP contribution in [0.3, 0.4) is 0 Å². The van der Waals surface area contributed by atoms with Gasteiger partial charge in [-0.05, 0) is 37.4 Å². The van der Waals surface area contributed by atoms with Gasteiger partial charge in [0.15, 0.2) is 0 Å². The van der Waals surface area contributed by atoms with Gasteiger partial charge >= 0.3 is 0 Å². The summed E-state index contributed by atoms with van der Waals surface area (Å²) in [6, 6.07) is 8.03. The SMILES string of the molecule is COc1ccccc1CC1NCCCC1C(N)=O. The van der Waals surface area contributed by atoms with Gasteiger partial charge in [0.25, 0.3) is 0 Å². The van der Waals surface area contributed by atoms with E-state index in [9.17, 15) is 4.79 Å². The predicted octanol–water partition coefficient (Wildman–Crippen LogP) is 1.09. The van der Waals surface area contributed by atoms with Gasteiger partial charge in [0.05, 0.1) is 13.0 Å². The molecule has 1 saturated heterocycles. The van der Waals surface area contributed by atoms with E-state index in [1.54, 1.807) is 7.11 Å².